The van der Waals surface area contributed by atoms with Crippen LogP contribution in [0.1, 0.15) is 35.8 Å². The van der Waals surface area contributed by atoms with Gasteiger partial charge in [-0.1, -0.05) is 12.1 Å². The molecule has 1 saturated heterocycles. The van der Waals surface area contributed by atoms with Crippen LogP contribution in [0.4, 0.5) is 0 Å². The van der Waals surface area contributed by atoms with Crippen molar-refractivity contribution in [2.24, 2.45) is 0 Å². The summed E-state index contributed by atoms with van der Waals surface area (Å²) in [5.74, 6) is 1.84. The van der Waals surface area contributed by atoms with Gasteiger partial charge in [-0.2, -0.15) is 0 Å². The van der Waals surface area contributed by atoms with E-state index in [1.54, 1.807) is 44.6 Å². The fourth-order valence-corrected chi connectivity index (χ4v) is 5.13. The standard InChI is InChI=1S/C26H28N2O6S/c1-32-20-10-13-25(33-2)23(17-20)24-6-3-15-28(24)26(29)14-9-19-7-11-22(12-8-19)35(30,31)27-18-21-5-4-16-34-21/h4-5,7-14,16-17,24,27H,3,6,15,18H2,1-2H3/b14-9+/t24-/m1/s1. The summed E-state index contributed by atoms with van der Waals surface area (Å²) in [7, 11) is -0.457. The van der Waals surface area contributed by atoms with Gasteiger partial charge in [0.15, 0.2) is 0 Å². The Morgan fingerprint density at radius 2 is 1.94 bits per heavy atom. The average Bonchev–Trinajstić information content (AvgIpc) is 3.58. The molecule has 8 nitrogen and oxygen atoms in total. The molecule has 2 heterocycles. The number of furan rings is 1. The highest BCUT2D eigenvalue weighted by Gasteiger charge is 2.31. The van der Waals surface area contributed by atoms with Gasteiger partial charge in [0.1, 0.15) is 17.3 Å². The van der Waals surface area contributed by atoms with Crippen molar-refractivity contribution in [3.63, 3.8) is 0 Å². The van der Waals surface area contributed by atoms with Crippen LogP contribution in [0.2, 0.25) is 0 Å². The van der Waals surface area contributed by atoms with Crippen LogP contribution in [0, 0.1) is 0 Å². The number of carbonyl (C=O) groups excluding carboxylic acids is 1. The number of sulfonamides is 1. The van der Waals surface area contributed by atoms with Crippen molar-refractivity contribution in [1.29, 1.82) is 0 Å². The minimum absolute atomic E-state index is 0.0700. The molecule has 1 amide bonds. The summed E-state index contributed by atoms with van der Waals surface area (Å²) < 4.78 is 43.5. The normalized spacial score (nSPS) is 16.1. The number of benzene rings is 2. The first kappa shape index (κ1) is 24.6. The topological polar surface area (TPSA) is 98.1 Å². The van der Waals surface area contributed by atoms with Crippen molar-refractivity contribution >= 4 is 22.0 Å². The third-order valence-corrected chi connectivity index (χ3v) is 7.37. The van der Waals surface area contributed by atoms with Gasteiger partial charge in [0, 0.05) is 18.2 Å². The van der Waals surface area contributed by atoms with E-state index in [4.69, 9.17) is 13.9 Å². The van der Waals surface area contributed by atoms with Crippen LogP contribution < -0.4 is 14.2 Å². The van der Waals surface area contributed by atoms with E-state index in [2.05, 4.69) is 4.72 Å². The molecule has 1 aromatic heterocycles. The first-order valence-electron chi connectivity index (χ1n) is 11.2. The fraction of sp³-hybridized carbons (Fsp3) is 0.269. The molecule has 1 aliphatic heterocycles. The van der Waals surface area contributed by atoms with Gasteiger partial charge in [0.25, 0.3) is 0 Å². The van der Waals surface area contributed by atoms with E-state index in [-0.39, 0.29) is 23.4 Å². The van der Waals surface area contributed by atoms with E-state index in [0.29, 0.717) is 18.1 Å². The molecule has 0 radical (unpaired) electrons. The molecule has 0 spiro atoms. The van der Waals surface area contributed by atoms with Crippen molar-refractivity contribution in [1.82, 2.24) is 9.62 Å². The third-order valence-electron chi connectivity index (χ3n) is 5.96. The maximum Gasteiger partial charge on any atom is 0.247 e. The van der Waals surface area contributed by atoms with Gasteiger partial charge in [0.05, 0.1) is 38.0 Å². The molecule has 4 rings (SSSR count). The molecule has 0 unspecified atom stereocenters. The molecular weight excluding hydrogens is 468 g/mol. The Hall–Kier alpha value is -3.56. The molecule has 1 aliphatic rings. The van der Waals surface area contributed by atoms with Crippen molar-refractivity contribution in [3.8, 4) is 11.5 Å². The quantitative estimate of drug-likeness (QED) is 0.447. The van der Waals surface area contributed by atoms with Crippen LogP contribution in [0.25, 0.3) is 6.08 Å². The van der Waals surface area contributed by atoms with Gasteiger partial charge >= 0.3 is 0 Å². The van der Waals surface area contributed by atoms with Crippen LogP contribution in [-0.4, -0.2) is 40.0 Å². The molecule has 0 saturated carbocycles. The van der Waals surface area contributed by atoms with Crippen molar-refractivity contribution in [3.05, 3.63) is 83.8 Å². The van der Waals surface area contributed by atoms with Gasteiger partial charge < -0.3 is 18.8 Å². The molecular formula is C26H28N2O6S. The SMILES string of the molecule is COc1ccc(OC)c([C@H]2CCCN2C(=O)/C=C/c2ccc(S(=O)(=O)NCc3ccco3)cc2)c1. The number of rotatable bonds is 9. The number of amides is 1. The van der Waals surface area contributed by atoms with Gasteiger partial charge in [0.2, 0.25) is 15.9 Å². The van der Waals surface area contributed by atoms with E-state index < -0.39 is 10.0 Å². The summed E-state index contributed by atoms with van der Waals surface area (Å²) >= 11 is 0. The highest BCUT2D eigenvalue weighted by atomic mass is 32.2. The molecule has 35 heavy (non-hydrogen) atoms. The summed E-state index contributed by atoms with van der Waals surface area (Å²) in [6, 6.07) is 15.2. The summed E-state index contributed by atoms with van der Waals surface area (Å²) in [5, 5.41) is 0. The van der Waals surface area contributed by atoms with Crippen molar-refractivity contribution in [2.75, 3.05) is 20.8 Å². The van der Waals surface area contributed by atoms with Gasteiger partial charge in [-0.05, 0) is 66.9 Å². The zero-order valence-electron chi connectivity index (χ0n) is 19.6. The first-order chi connectivity index (χ1) is 16.9. The number of ether oxygens (including phenoxy) is 2. The predicted octanol–water partition coefficient (Wildman–Crippen LogP) is 4.15. The molecule has 9 heteroatoms. The number of carbonyl (C=O) groups is 1. The lowest BCUT2D eigenvalue weighted by molar-refractivity contribution is -0.126. The van der Waals surface area contributed by atoms with Crippen LogP contribution in [-0.2, 0) is 21.4 Å². The second-order valence-electron chi connectivity index (χ2n) is 8.10. The van der Waals surface area contributed by atoms with Crippen LogP contribution in [0.15, 0.2) is 76.2 Å². The molecule has 184 valence electrons. The lowest BCUT2D eigenvalue weighted by atomic mass is 10.0. The largest absolute Gasteiger partial charge is 0.497 e. The zero-order chi connectivity index (χ0) is 24.8. The Morgan fingerprint density at radius 1 is 1.14 bits per heavy atom. The molecule has 3 aromatic rings. The maximum absolute atomic E-state index is 13.0. The van der Waals surface area contributed by atoms with Crippen molar-refractivity contribution in [2.45, 2.75) is 30.3 Å². The van der Waals surface area contributed by atoms with Gasteiger partial charge in [-0.25, -0.2) is 13.1 Å². The van der Waals surface area contributed by atoms with Crippen molar-refractivity contribution < 1.29 is 27.1 Å². The monoisotopic (exact) mass is 496 g/mol. The Kier molecular flexibility index (Phi) is 7.57. The lowest BCUT2D eigenvalue weighted by Crippen LogP contribution is -2.29. The number of methoxy groups -OCH3 is 2. The number of nitrogens with zero attached hydrogens (tertiary/aromatic N) is 1. The fourth-order valence-electron chi connectivity index (χ4n) is 4.14. The summed E-state index contributed by atoms with van der Waals surface area (Å²) in [5.41, 5.74) is 1.64. The van der Waals surface area contributed by atoms with E-state index in [1.165, 1.54) is 24.5 Å². The second kappa shape index (κ2) is 10.8. The Morgan fingerprint density at radius 3 is 2.63 bits per heavy atom. The van der Waals surface area contributed by atoms with Crippen LogP contribution >= 0.6 is 0 Å². The predicted molar refractivity (Wildman–Crippen MR) is 131 cm³/mol. The number of nitrogens with one attached hydrogen (secondary N) is 1. The number of hydrogen-bond acceptors (Lipinski definition) is 6. The zero-order valence-corrected chi connectivity index (χ0v) is 20.5. The lowest BCUT2D eigenvalue weighted by Gasteiger charge is -2.25. The molecule has 0 aliphatic carbocycles. The van der Waals surface area contributed by atoms with E-state index in [9.17, 15) is 13.2 Å². The second-order valence-corrected chi connectivity index (χ2v) is 9.87. The molecule has 2 aromatic carbocycles. The van der Waals surface area contributed by atoms with Crippen LogP contribution in [0.5, 0.6) is 11.5 Å². The molecule has 1 N–H and O–H groups in total. The Labute approximate surface area is 205 Å². The molecule has 0 bridgehead atoms. The van der Waals surface area contributed by atoms with E-state index >= 15 is 0 Å². The number of hydrogen-bond donors (Lipinski definition) is 1. The minimum Gasteiger partial charge on any atom is -0.497 e. The average molecular weight is 497 g/mol. The minimum atomic E-state index is -3.68. The Balaban J connectivity index is 1.44. The third kappa shape index (κ3) is 5.75. The smallest absolute Gasteiger partial charge is 0.247 e. The highest BCUT2D eigenvalue weighted by molar-refractivity contribution is 7.89. The van der Waals surface area contributed by atoms with Gasteiger partial charge in [-0.15, -0.1) is 0 Å². The molecule has 1 fully saturated rings. The van der Waals surface area contributed by atoms with E-state index in [1.807, 2.05) is 23.1 Å². The maximum atomic E-state index is 13.0. The highest BCUT2D eigenvalue weighted by Crippen LogP contribution is 2.39. The summed E-state index contributed by atoms with van der Waals surface area (Å²) in [4.78, 5) is 15.0. The molecule has 1 atom stereocenters. The number of likely N-dealkylation sites (tertiary alicyclic amines) is 1. The van der Waals surface area contributed by atoms with Crippen LogP contribution in [0.3, 0.4) is 0 Å². The first-order valence-corrected chi connectivity index (χ1v) is 12.7. The van der Waals surface area contributed by atoms with E-state index in [0.717, 1.165) is 29.7 Å². The Bertz CT molecular complexity index is 1280. The van der Waals surface area contributed by atoms with Gasteiger partial charge in [-0.3, -0.25) is 4.79 Å². The summed E-state index contributed by atoms with van der Waals surface area (Å²) in [6.45, 7) is 0.716. The summed E-state index contributed by atoms with van der Waals surface area (Å²) in [6.07, 6.45) is 6.42.